The van der Waals surface area contributed by atoms with Gasteiger partial charge in [0.25, 0.3) is 0 Å². The normalized spacial score (nSPS) is 11.8. The average molecular weight is 483 g/mol. The number of halogens is 2. The zero-order chi connectivity index (χ0) is 22.7. The highest BCUT2D eigenvalue weighted by molar-refractivity contribution is 7.22. The van der Waals surface area contributed by atoms with Gasteiger partial charge in [-0.15, -0.1) is 0 Å². The Morgan fingerprint density at radius 1 is 0.938 bits per heavy atom. The first kappa shape index (κ1) is 22.8. The standard InChI is InChI=1S/C26H24Cl2N2OS/c1-3-26(4-2,23(17-11-7-5-8-12-17)18-13-9-6-10-14-18)24(31)30-25-29-21-15-19(27)20(28)16-22(21)32-25/h5-16,23H,3-4H2,1-2H3,(H,29,30,31). The second-order valence-corrected chi connectivity index (χ2v) is 9.67. The number of nitrogens with one attached hydrogen (secondary N) is 1. The summed E-state index contributed by atoms with van der Waals surface area (Å²) in [5.41, 5.74) is 2.33. The van der Waals surface area contributed by atoms with Crippen molar-refractivity contribution in [1.82, 2.24) is 4.98 Å². The molecular formula is C26H24Cl2N2OS. The summed E-state index contributed by atoms with van der Waals surface area (Å²) < 4.78 is 0.885. The SMILES string of the molecule is CCC(CC)(C(=O)Nc1nc2cc(Cl)c(Cl)cc2s1)C(c1ccccc1)c1ccccc1. The van der Waals surface area contributed by atoms with Gasteiger partial charge in [0.2, 0.25) is 5.91 Å². The molecule has 3 aromatic carbocycles. The molecule has 0 saturated carbocycles. The molecule has 0 aliphatic carbocycles. The van der Waals surface area contributed by atoms with Gasteiger partial charge in [0.1, 0.15) is 0 Å². The van der Waals surface area contributed by atoms with Gasteiger partial charge in [-0.25, -0.2) is 4.98 Å². The molecule has 0 bridgehead atoms. The van der Waals surface area contributed by atoms with Crippen molar-refractivity contribution in [3.63, 3.8) is 0 Å². The van der Waals surface area contributed by atoms with Gasteiger partial charge >= 0.3 is 0 Å². The second kappa shape index (κ2) is 9.62. The molecule has 0 spiro atoms. The third-order valence-corrected chi connectivity index (χ3v) is 7.84. The first-order valence-corrected chi connectivity index (χ1v) is 12.2. The lowest BCUT2D eigenvalue weighted by atomic mass is 9.65. The molecule has 4 rings (SSSR count). The second-order valence-electron chi connectivity index (χ2n) is 7.82. The van der Waals surface area contributed by atoms with Gasteiger partial charge in [0, 0.05) is 5.92 Å². The molecule has 32 heavy (non-hydrogen) atoms. The summed E-state index contributed by atoms with van der Waals surface area (Å²) in [6.07, 6.45) is 1.37. The van der Waals surface area contributed by atoms with E-state index in [1.807, 2.05) is 36.4 Å². The van der Waals surface area contributed by atoms with Crippen molar-refractivity contribution in [2.24, 2.45) is 5.41 Å². The molecule has 0 unspecified atom stereocenters. The van der Waals surface area contributed by atoms with Crippen molar-refractivity contribution in [3.8, 4) is 0 Å². The van der Waals surface area contributed by atoms with Crippen molar-refractivity contribution in [2.45, 2.75) is 32.6 Å². The number of rotatable bonds is 7. The van der Waals surface area contributed by atoms with Crippen LogP contribution in [0.5, 0.6) is 0 Å². The van der Waals surface area contributed by atoms with Crippen LogP contribution >= 0.6 is 34.5 Å². The number of aromatic nitrogens is 1. The van der Waals surface area contributed by atoms with Crippen LogP contribution in [-0.2, 0) is 4.79 Å². The first-order chi connectivity index (χ1) is 15.5. The van der Waals surface area contributed by atoms with Gasteiger partial charge in [-0.1, -0.05) is 109 Å². The maximum atomic E-state index is 13.9. The molecule has 0 fully saturated rings. The lowest BCUT2D eigenvalue weighted by Gasteiger charge is -2.39. The highest BCUT2D eigenvalue weighted by Gasteiger charge is 2.44. The van der Waals surface area contributed by atoms with E-state index in [1.165, 1.54) is 11.3 Å². The Balaban J connectivity index is 1.76. The molecule has 4 aromatic rings. The zero-order valence-electron chi connectivity index (χ0n) is 17.9. The molecule has 0 radical (unpaired) electrons. The Bertz CT molecular complexity index is 1140. The molecule has 1 amide bonds. The molecule has 164 valence electrons. The summed E-state index contributed by atoms with van der Waals surface area (Å²) in [7, 11) is 0. The number of benzene rings is 3. The molecule has 0 aliphatic heterocycles. The highest BCUT2D eigenvalue weighted by atomic mass is 35.5. The maximum Gasteiger partial charge on any atom is 0.233 e. The van der Waals surface area contributed by atoms with E-state index in [-0.39, 0.29) is 11.8 Å². The number of carbonyl (C=O) groups excluding carboxylic acids is 1. The van der Waals surface area contributed by atoms with Gasteiger partial charge in [-0.2, -0.15) is 0 Å². The van der Waals surface area contributed by atoms with E-state index in [2.05, 4.69) is 48.4 Å². The summed E-state index contributed by atoms with van der Waals surface area (Å²) in [6.45, 7) is 4.17. The smallest absolute Gasteiger partial charge is 0.233 e. The zero-order valence-corrected chi connectivity index (χ0v) is 20.3. The molecule has 6 heteroatoms. The third kappa shape index (κ3) is 4.27. The Labute approximate surface area is 202 Å². The van der Waals surface area contributed by atoms with Crippen LogP contribution < -0.4 is 5.32 Å². The molecule has 1 N–H and O–H groups in total. The first-order valence-electron chi connectivity index (χ1n) is 10.7. The Morgan fingerprint density at radius 2 is 1.47 bits per heavy atom. The van der Waals surface area contributed by atoms with Crippen LogP contribution in [0.15, 0.2) is 72.8 Å². The summed E-state index contributed by atoms with van der Waals surface area (Å²) in [5.74, 6) is -0.116. The third-order valence-electron chi connectivity index (χ3n) is 6.18. The van der Waals surface area contributed by atoms with Crippen LogP contribution in [0.25, 0.3) is 10.2 Å². The van der Waals surface area contributed by atoms with Crippen LogP contribution in [0.1, 0.15) is 43.7 Å². The average Bonchev–Trinajstić information content (AvgIpc) is 3.19. The predicted octanol–water partition coefficient (Wildman–Crippen LogP) is 8.18. The number of nitrogens with zero attached hydrogens (tertiary/aromatic N) is 1. The number of anilines is 1. The Kier molecular flexibility index (Phi) is 6.85. The number of thiazole rings is 1. The fourth-order valence-corrected chi connectivity index (χ4v) is 5.70. The van der Waals surface area contributed by atoms with E-state index in [4.69, 9.17) is 23.2 Å². The van der Waals surface area contributed by atoms with E-state index in [1.54, 1.807) is 12.1 Å². The highest BCUT2D eigenvalue weighted by Crippen LogP contribution is 2.47. The van der Waals surface area contributed by atoms with Crippen molar-refractivity contribution < 1.29 is 4.79 Å². The monoisotopic (exact) mass is 482 g/mol. The maximum absolute atomic E-state index is 13.9. The molecule has 1 heterocycles. The number of carbonyl (C=O) groups is 1. The topological polar surface area (TPSA) is 42.0 Å². The van der Waals surface area contributed by atoms with E-state index >= 15 is 0 Å². The van der Waals surface area contributed by atoms with Gasteiger partial charge < -0.3 is 5.32 Å². The number of fused-ring (bicyclic) bond motifs is 1. The minimum absolute atomic E-state index is 0.0311. The van der Waals surface area contributed by atoms with Crippen molar-refractivity contribution in [2.75, 3.05) is 5.32 Å². The molecular weight excluding hydrogens is 459 g/mol. The molecule has 0 atom stereocenters. The number of hydrogen-bond acceptors (Lipinski definition) is 3. The van der Waals surface area contributed by atoms with Crippen molar-refractivity contribution >= 4 is 55.8 Å². The minimum Gasteiger partial charge on any atom is -0.301 e. The van der Waals surface area contributed by atoms with Gasteiger partial charge in [-0.3, -0.25) is 4.79 Å². The lowest BCUT2D eigenvalue weighted by Crippen LogP contribution is -2.41. The van der Waals surface area contributed by atoms with Crippen molar-refractivity contribution in [3.05, 3.63) is 94.0 Å². The van der Waals surface area contributed by atoms with Crippen LogP contribution in [0.3, 0.4) is 0 Å². The van der Waals surface area contributed by atoms with Crippen LogP contribution in [0.2, 0.25) is 10.0 Å². The van der Waals surface area contributed by atoms with Crippen molar-refractivity contribution in [1.29, 1.82) is 0 Å². The number of hydrogen-bond donors (Lipinski definition) is 1. The lowest BCUT2D eigenvalue weighted by molar-refractivity contribution is -0.127. The minimum atomic E-state index is -0.643. The largest absolute Gasteiger partial charge is 0.301 e. The quantitative estimate of drug-likeness (QED) is 0.288. The van der Waals surface area contributed by atoms with Gasteiger partial charge in [0.05, 0.1) is 25.7 Å². The van der Waals surface area contributed by atoms with Crippen LogP contribution in [0, 0.1) is 5.41 Å². The summed E-state index contributed by atoms with van der Waals surface area (Å²) in [5, 5.41) is 4.59. The summed E-state index contributed by atoms with van der Waals surface area (Å²) >= 11 is 13.7. The summed E-state index contributed by atoms with van der Waals surface area (Å²) in [6, 6.07) is 24.1. The summed E-state index contributed by atoms with van der Waals surface area (Å²) in [4.78, 5) is 18.5. The van der Waals surface area contributed by atoms with Crippen LogP contribution in [0.4, 0.5) is 5.13 Å². The van der Waals surface area contributed by atoms with Crippen LogP contribution in [-0.4, -0.2) is 10.9 Å². The predicted molar refractivity (Wildman–Crippen MR) is 136 cm³/mol. The van der Waals surface area contributed by atoms with E-state index < -0.39 is 5.41 Å². The Morgan fingerprint density at radius 3 is 2.00 bits per heavy atom. The van der Waals surface area contributed by atoms with E-state index in [0.29, 0.717) is 28.0 Å². The molecule has 1 aromatic heterocycles. The fourth-order valence-electron chi connectivity index (χ4n) is 4.43. The molecule has 0 aliphatic rings. The van der Waals surface area contributed by atoms with E-state index in [0.717, 1.165) is 21.3 Å². The van der Waals surface area contributed by atoms with Gasteiger partial charge in [0.15, 0.2) is 5.13 Å². The van der Waals surface area contributed by atoms with E-state index in [9.17, 15) is 4.79 Å². The molecule has 0 saturated heterocycles. The number of amides is 1. The molecule has 3 nitrogen and oxygen atoms in total. The van der Waals surface area contributed by atoms with Gasteiger partial charge in [-0.05, 0) is 36.1 Å². The Hall–Kier alpha value is -2.40. The fraction of sp³-hybridized carbons (Fsp3) is 0.231.